The SMILES string of the molecule is CC(C)(C)c1noc(CCCC(=O)N2CCCC2Cn2cccn2)n1. The third-order valence-corrected chi connectivity index (χ3v) is 4.57. The highest BCUT2D eigenvalue weighted by molar-refractivity contribution is 5.76. The number of hydrogen-bond acceptors (Lipinski definition) is 5. The molecule has 25 heavy (non-hydrogen) atoms. The van der Waals surface area contributed by atoms with Crippen molar-refractivity contribution in [3.05, 3.63) is 30.2 Å². The van der Waals surface area contributed by atoms with Crippen molar-refractivity contribution in [1.82, 2.24) is 24.8 Å². The van der Waals surface area contributed by atoms with Crippen molar-refractivity contribution in [1.29, 1.82) is 0 Å². The fourth-order valence-electron chi connectivity index (χ4n) is 3.17. The normalized spacial score (nSPS) is 18.0. The summed E-state index contributed by atoms with van der Waals surface area (Å²) in [6, 6.07) is 2.17. The average molecular weight is 345 g/mol. The van der Waals surface area contributed by atoms with E-state index in [0.717, 1.165) is 32.4 Å². The molecule has 7 heteroatoms. The smallest absolute Gasteiger partial charge is 0.226 e. The molecule has 3 heterocycles. The van der Waals surface area contributed by atoms with Crippen LogP contribution in [0, 0.1) is 0 Å². The lowest BCUT2D eigenvalue weighted by Gasteiger charge is -2.24. The topological polar surface area (TPSA) is 77.0 Å². The van der Waals surface area contributed by atoms with E-state index < -0.39 is 0 Å². The highest BCUT2D eigenvalue weighted by atomic mass is 16.5. The van der Waals surface area contributed by atoms with Crippen LogP contribution in [0.15, 0.2) is 23.0 Å². The van der Waals surface area contributed by atoms with E-state index in [4.69, 9.17) is 4.52 Å². The molecule has 136 valence electrons. The Morgan fingerprint density at radius 1 is 1.40 bits per heavy atom. The largest absolute Gasteiger partial charge is 0.339 e. The number of likely N-dealkylation sites (tertiary alicyclic amines) is 1. The number of carbonyl (C=O) groups is 1. The quantitative estimate of drug-likeness (QED) is 0.804. The molecule has 1 aliphatic heterocycles. The molecule has 0 radical (unpaired) electrons. The van der Waals surface area contributed by atoms with E-state index in [-0.39, 0.29) is 17.4 Å². The first-order chi connectivity index (χ1) is 11.9. The van der Waals surface area contributed by atoms with Crippen LogP contribution in [0.25, 0.3) is 0 Å². The Morgan fingerprint density at radius 2 is 2.24 bits per heavy atom. The monoisotopic (exact) mass is 345 g/mol. The second-order valence-electron chi connectivity index (χ2n) is 7.73. The molecule has 0 saturated carbocycles. The Labute approximate surface area is 148 Å². The van der Waals surface area contributed by atoms with Gasteiger partial charge in [-0.2, -0.15) is 10.1 Å². The Hall–Kier alpha value is -2.18. The minimum Gasteiger partial charge on any atom is -0.339 e. The molecule has 7 nitrogen and oxygen atoms in total. The van der Waals surface area contributed by atoms with Gasteiger partial charge in [-0.15, -0.1) is 0 Å². The summed E-state index contributed by atoms with van der Waals surface area (Å²) in [4.78, 5) is 19.0. The summed E-state index contributed by atoms with van der Waals surface area (Å²) >= 11 is 0. The van der Waals surface area contributed by atoms with Crippen LogP contribution in [-0.2, 0) is 23.2 Å². The number of carbonyl (C=O) groups excluding carboxylic acids is 1. The summed E-state index contributed by atoms with van der Waals surface area (Å²) in [5.41, 5.74) is -0.118. The van der Waals surface area contributed by atoms with Crippen LogP contribution in [0.1, 0.15) is 58.2 Å². The van der Waals surface area contributed by atoms with Gasteiger partial charge in [-0.05, 0) is 25.3 Å². The van der Waals surface area contributed by atoms with Gasteiger partial charge in [0.1, 0.15) is 0 Å². The zero-order chi connectivity index (χ0) is 17.9. The number of aromatic nitrogens is 4. The van der Waals surface area contributed by atoms with Gasteiger partial charge in [0.2, 0.25) is 11.8 Å². The maximum Gasteiger partial charge on any atom is 0.226 e. The second kappa shape index (κ2) is 7.37. The highest BCUT2D eigenvalue weighted by Gasteiger charge is 2.28. The number of rotatable bonds is 6. The standard InChI is InChI=1S/C18H27N5O2/c1-18(2,3)17-20-15(25-21-17)8-4-9-16(24)23-12-5-7-14(23)13-22-11-6-10-19-22/h6,10-11,14H,4-5,7-9,12-13H2,1-3H3. The lowest BCUT2D eigenvalue weighted by atomic mass is 9.96. The van der Waals surface area contributed by atoms with Crippen LogP contribution in [0.3, 0.4) is 0 Å². The fraction of sp³-hybridized carbons (Fsp3) is 0.667. The Balaban J connectivity index is 1.48. The van der Waals surface area contributed by atoms with E-state index in [1.54, 1.807) is 6.20 Å². The van der Waals surface area contributed by atoms with Gasteiger partial charge in [0.15, 0.2) is 5.82 Å². The van der Waals surface area contributed by atoms with Crippen LogP contribution in [0.5, 0.6) is 0 Å². The third-order valence-electron chi connectivity index (χ3n) is 4.57. The number of amides is 1. The summed E-state index contributed by atoms with van der Waals surface area (Å²) in [5, 5.41) is 8.27. The first-order valence-electron chi connectivity index (χ1n) is 9.03. The van der Waals surface area contributed by atoms with Crippen LogP contribution in [0.4, 0.5) is 0 Å². The molecule has 2 aromatic rings. The molecule has 2 aromatic heterocycles. The van der Waals surface area contributed by atoms with Crippen molar-refractivity contribution in [3.63, 3.8) is 0 Å². The fourth-order valence-corrected chi connectivity index (χ4v) is 3.17. The lowest BCUT2D eigenvalue weighted by molar-refractivity contribution is -0.132. The molecule has 1 aliphatic rings. The number of aryl methyl sites for hydroxylation is 1. The highest BCUT2D eigenvalue weighted by Crippen LogP contribution is 2.21. The molecule has 0 aromatic carbocycles. The summed E-state index contributed by atoms with van der Waals surface area (Å²) in [7, 11) is 0. The van der Waals surface area contributed by atoms with E-state index >= 15 is 0 Å². The van der Waals surface area contributed by atoms with Gasteiger partial charge in [-0.3, -0.25) is 9.48 Å². The van der Waals surface area contributed by atoms with Crippen molar-refractivity contribution < 1.29 is 9.32 Å². The van der Waals surface area contributed by atoms with E-state index in [0.29, 0.717) is 24.6 Å². The van der Waals surface area contributed by atoms with Gasteiger partial charge in [0.25, 0.3) is 0 Å². The van der Waals surface area contributed by atoms with Crippen LogP contribution in [0.2, 0.25) is 0 Å². The molecule has 0 N–H and O–H groups in total. The maximum absolute atomic E-state index is 12.6. The molecule has 0 bridgehead atoms. The molecule has 0 spiro atoms. The molecule has 1 unspecified atom stereocenters. The van der Waals surface area contributed by atoms with E-state index in [9.17, 15) is 4.79 Å². The van der Waals surface area contributed by atoms with E-state index in [2.05, 4.69) is 36.0 Å². The summed E-state index contributed by atoms with van der Waals surface area (Å²) in [5.74, 6) is 1.55. The van der Waals surface area contributed by atoms with Crippen molar-refractivity contribution in [2.24, 2.45) is 0 Å². The molecule has 1 fully saturated rings. The maximum atomic E-state index is 12.6. The van der Waals surface area contributed by atoms with Gasteiger partial charge in [-0.25, -0.2) is 0 Å². The van der Waals surface area contributed by atoms with Gasteiger partial charge in [0.05, 0.1) is 12.6 Å². The predicted octanol–water partition coefficient (Wildman–Crippen LogP) is 2.58. The summed E-state index contributed by atoms with van der Waals surface area (Å²) in [6.07, 6.45) is 7.73. The predicted molar refractivity (Wildman–Crippen MR) is 92.9 cm³/mol. The first kappa shape index (κ1) is 17.6. The summed E-state index contributed by atoms with van der Waals surface area (Å²) < 4.78 is 7.20. The van der Waals surface area contributed by atoms with Crippen molar-refractivity contribution in [2.45, 2.75) is 70.9 Å². The Bertz CT molecular complexity index is 687. The second-order valence-corrected chi connectivity index (χ2v) is 7.73. The number of nitrogens with zero attached hydrogens (tertiary/aromatic N) is 5. The van der Waals surface area contributed by atoms with Gasteiger partial charge in [0, 0.05) is 37.2 Å². The molecule has 1 amide bonds. The summed E-state index contributed by atoms with van der Waals surface area (Å²) in [6.45, 7) is 7.78. The van der Waals surface area contributed by atoms with Crippen LogP contribution in [-0.4, -0.2) is 43.3 Å². The van der Waals surface area contributed by atoms with Crippen molar-refractivity contribution in [3.8, 4) is 0 Å². The minimum absolute atomic E-state index is 0.118. The molecule has 0 aliphatic carbocycles. The molecular formula is C18H27N5O2. The molecule has 1 atom stereocenters. The minimum atomic E-state index is -0.118. The number of hydrogen-bond donors (Lipinski definition) is 0. The third kappa shape index (κ3) is 4.46. The zero-order valence-electron chi connectivity index (χ0n) is 15.3. The lowest BCUT2D eigenvalue weighted by Crippen LogP contribution is -2.38. The van der Waals surface area contributed by atoms with Gasteiger partial charge < -0.3 is 9.42 Å². The Morgan fingerprint density at radius 3 is 2.92 bits per heavy atom. The molecular weight excluding hydrogens is 318 g/mol. The van der Waals surface area contributed by atoms with Crippen molar-refractivity contribution >= 4 is 5.91 Å². The van der Waals surface area contributed by atoms with E-state index in [1.165, 1.54) is 0 Å². The zero-order valence-corrected chi connectivity index (χ0v) is 15.3. The molecule has 3 rings (SSSR count). The van der Waals surface area contributed by atoms with E-state index in [1.807, 2.05) is 21.8 Å². The van der Waals surface area contributed by atoms with Gasteiger partial charge >= 0.3 is 0 Å². The average Bonchev–Trinajstić information content (AvgIpc) is 3.27. The Kier molecular flexibility index (Phi) is 5.20. The van der Waals surface area contributed by atoms with Gasteiger partial charge in [-0.1, -0.05) is 25.9 Å². The first-order valence-corrected chi connectivity index (χ1v) is 9.03. The van der Waals surface area contributed by atoms with Crippen molar-refractivity contribution in [2.75, 3.05) is 6.54 Å². The van der Waals surface area contributed by atoms with Crippen LogP contribution < -0.4 is 0 Å². The molecule has 1 saturated heterocycles. The van der Waals surface area contributed by atoms with Crippen LogP contribution >= 0.6 is 0 Å².